The molecule has 0 saturated carbocycles. The summed E-state index contributed by atoms with van der Waals surface area (Å²) < 4.78 is 25.7. The SMILES string of the molecule is O=C(COc1ccccc1F)N(CCN1CCOCC1)c1nc2ccccc2s1. The fourth-order valence-electron chi connectivity index (χ4n) is 3.15. The van der Waals surface area contributed by atoms with Crippen molar-refractivity contribution < 1.29 is 18.7 Å². The van der Waals surface area contributed by atoms with Crippen LogP contribution >= 0.6 is 11.3 Å². The van der Waals surface area contributed by atoms with Gasteiger partial charge in [-0.25, -0.2) is 9.37 Å². The van der Waals surface area contributed by atoms with Gasteiger partial charge in [0.2, 0.25) is 0 Å². The Bertz CT molecular complexity index is 941. The van der Waals surface area contributed by atoms with E-state index in [1.807, 2.05) is 24.3 Å². The summed E-state index contributed by atoms with van der Waals surface area (Å²) in [6.07, 6.45) is 0. The number of nitrogens with zero attached hydrogens (tertiary/aromatic N) is 3. The van der Waals surface area contributed by atoms with Gasteiger partial charge in [-0.05, 0) is 24.3 Å². The van der Waals surface area contributed by atoms with Gasteiger partial charge in [-0.2, -0.15) is 0 Å². The molecule has 0 aliphatic carbocycles. The van der Waals surface area contributed by atoms with Gasteiger partial charge in [0.05, 0.1) is 23.4 Å². The summed E-state index contributed by atoms with van der Waals surface area (Å²) in [6, 6.07) is 13.9. The minimum Gasteiger partial charge on any atom is -0.481 e. The highest BCUT2D eigenvalue weighted by atomic mass is 32.1. The molecule has 1 amide bonds. The number of anilines is 1. The molecule has 2 heterocycles. The minimum absolute atomic E-state index is 0.0679. The molecule has 0 atom stereocenters. The van der Waals surface area contributed by atoms with E-state index in [9.17, 15) is 9.18 Å². The maximum absolute atomic E-state index is 13.8. The molecule has 0 bridgehead atoms. The maximum atomic E-state index is 13.8. The topological polar surface area (TPSA) is 54.9 Å². The number of para-hydroxylation sites is 2. The van der Waals surface area contributed by atoms with Crippen LogP contribution in [0, 0.1) is 5.82 Å². The first-order valence-electron chi connectivity index (χ1n) is 9.54. The van der Waals surface area contributed by atoms with E-state index in [-0.39, 0.29) is 18.3 Å². The maximum Gasteiger partial charge on any atom is 0.266 e. The van der Waals surface area contributed by atoms with E-state index in [1.165, 1.54) is 23.5 Å². The van der Waals surface area contributed by atoms with Crippen molar-refractivity contribution in [1.82, 2.24) is 9.88 Å². The molecule has 1 aromatic heterocycles. The Morgan fingerprint density at radius 3 is 2.72 bits per heavy atom. The number of benzene rings is 2. The third-order valence-corrected chi connectivity index (χ3v) is 5.81. The molecular formula is C21H22FN3O3S. The Labute approximate surface area is 172 Å². The van der Waals surface area contributed by atoms with E-state index in [4.69, 9.17) is 9.47 Å². The first-order chi connectivity index (χ1) is 14.2. The Morgan fingerprint density at radius 2 is 1.93 bits per heavy atom. The number of rotatable bonds is 7. The number of amides is 1. The lowest BCUT2D eigenvalue weighted by molar-refractivity contribution is -0.120. The number of hydrogen-bond acceptors (Lipinski definition) is 6. The summed E-state index contributed by atoms with van der Waals surface area (Å²) in [6.45, 7) is 4.03. The van der Waals surface area contributed by atoms with Gasteiger partial charge in [-0.3, -0.25) is 14.6 Å². The molecule has 0 unspecified atom stereocenters. The fraction of sp³-hybridized carbons (Fsp3) is 0.333. The predicted molar refractivity (Wildman–Crippen MR) is 111 cm³/mol. The van der Waals surface area contributed by atoms with Crippen LogP contribution in [0.15, 0.2) is 48.5 Å². The largest absolute Gasteiger partial charge is 0.481 e. The smallest absolute Gasteiger partial charge is 0.266 e. The molecular weight excluding hydrogens is 393 g/mol. The molecule has 3 aromatic rings. The van der Waals surface area contributed by atoms with Crippen LogP contribution in [0.2, 0.25) is 0 Å². The second-order valence-electron chi connectivity index (χ2n) is 6.68. The fourth-order valence-corrected chi connectivity index (χ4v) is 4.16. The number of morpholine rings is 1. The third kappa shape index (κ3) is 4.90. The Morgan fingerprint density at radius 1 is 1.17 bits per heavy atom. The molecule has 2 aromatic carbocycles. The van der Waals surface area contributed by atoms with E-state index in [0.717, 1.165) is 23.3 Å². The van der Waals surface area contributed by atoms with E-state index in [2.05, 4.69) is 9.88 Å². The summed E-state index contributed by atoms with van der Waals surface area (Å²) in [5, 5.41) is 0.626. The van der Waals surface area contributed by atoms with Crippen LogP contribution in [0.1, 0.15) is 0 Å². The molecule has 152 valence electrons. The molecule has 1 saturated heterocycles. The van der Waals surface area contributed by atoms with E-state index >= 15 is 0 Å². The summed E-state index contributed by atoms with van der Waals surface area (Å²) in [5.41, 5.74) is 0.853. The number of carbonyl (C=O) groups is 1. The zero-order valence-corrected chi connectivity index (χ0v) is 16.7. The number of carbonyl (C=O) groups excluding carboxylic acids is 1. The summed E-state index contributed by atoms with van der Waals surface area (Å²) in [7, 11) is 0. The zero-order chi connectivity index (χ0) is 20.1. The van der Waals surface area contributed by atoms with Crippen molar-refractivity contribution in [3.63, 3.8) is 0 Å². The normalized spacial score (nSPS) is 14.8. The van der Waals surface area contributed by atoms with Crippen molar-refractivity contribution in [2.45, 2.75) is 0 Å². The van der Waals surface area contributed by atoms with Gasteiger partial charge in [-0.15, -0.1) is 0 Å². The van der Waals surface area contributed by atoms with Crippen LogP contribution < -0.4 is 9.64 Å². The molecule has 0 spiro atoms. The lowest BCUT2D eigenvalue weighted by atomic mass is 10.3. The molecule has 0 N–H and O–H groups in total. The summed E-state index contributed by atoms with van der Waals surface area (Å²) >= 11 is 1.47. The van der Waals surface area contributed by atoms with E-state index < -0.39 is 5.82 Å². The molecule has 6 nitrogen and oxygen atoms in total. The second kappa shape index (κ2) is 9.30. The van der Waals surface area contributed by atoms with Crippen molar-refractivity contribution >= 4 is 32.6 Å². The standard InChI is InChI=1S/C21H22FN3O3S/c22-16-5-1-3-7-18(16)28-15-20(26)25(10-9-24-11-13-27-14-12-24)21-23-17-6-2-4-8-19(17)29-21/h1-8H,9-15H2. The highest BCUT2D eigenvalue weighted by molar-refractivity contribution is 7.22. The Balaban J connectivity index is 1.50. The van der Waals surface area contributed by atoms with Crippen molar-refractivity contribution in [2.75, 3.05) is 50.9 Å². The predicted octanol–water partition coefficient (Wildman–Crippen LogP) is 3.18. The molecule has 4 rings (SSSR count). The summed E-state index contributed by atoms with van der Waals surface area (Å²) in [4.78, 5) is 21.5. The van der Waals surface area contributed by atoms with Gasteiger partial charge in [-0.1, -0.05) is 35.6 Å². The minimum atomic E-state index is -0.486. The van der Waals surface area contributed by atoms with Crippen molar-refractivity contribution in [3.8, 4) is 5.75 Å². The number of thiazole rings is 1. The van der Waals surface area contributed by atoms with Gasteiger partial charge < -0.3 is 9.47 Å². The number of halogens is 1. The first kappa shape index (κ1) is 19.8. The number of aromatic nitrogens is 1. The van der Waals surface area contributed by atoms with Crippen molar-refractivity contribution in [2.24, 2.45) is 0 Å². The quantitative estimate of drug-likeness (QED) is 0.593. The van der Waals surface area contributed by atoms with E-state index in [1.54, 1.807) is 17.0 Å². The summed E-state index contributed by atoms with van der Waals surface area (Å²) in [5.74, 6) is -0.668. The average Bonchev–Trinajstić information content (AvgIpc) is 3.18. The molecule has 1 aliphatic heterocycles. The lowest BCUT2D eigenvalue weighted by Crippen LogP contribution is -2.44. The first-order valence-corrected chi connectivity index (χ1v) is 10.4. The van der Waals surface area contributed by atoms with Crippen LogP contribution in [0.4, 0.5) is 9.52 Å². The molecule has 8 heteroatoms. The molecule has 29 heavy (non-hydrogen) atoms. The lowest BCUT2D eigenvalue weighted by Gasteiger charge is -2.29. The van der Waals surface area contributed by atoms with Crippen LogP contribution in [0.3, 0.4) is 0 Å². The highest BCUT2D eigenvalue weighted by Gasteiger charge is 2.22. The van der Waals surface area contributed by atoms with Gasteiger partial charge >= 0.3 is 0 Å². The molecule has 1 aliphatic rings. The molecule has 1 fully saturated rings. The van der Waals surface area contributed by atoms with Crippen LogP contribution in [-0.4, -0.2) is 61.8 Å². The van der Waals surface area contributed by atoms with Crippen molar-refractivity contribution in [3.05, 3.63) is 54.3 Å². The monoisotopic (exact) mass is 415 g/mol. The van der Waals surface area contributed by atoms with Gasteiger partial charge in [0, 0.05) is 26.2 Å². The highest BCUT2D eigenvalue weighted by Crippen LogP contribution is 2.29. The van der Waals surface area contributed by atoms with Crippen LogP contribution in [0.25, 0.3) is 10.2 Å². The number of ether oxygens (including phenoxy) is 2. The second-order valence-corrected chi connectivity index (χ2v) is 7.69. The van der Waals surface area contributed by atoms with Crippen LogP contribution in [0.5, 0.6) is 5.75 Å². The number of hydrogen-bond donors (Lipinski definition) is 0. The van der Waals surface area contributed by atoms with Crippen LogP contribution in [-0.2, 0) is 9.53 Å². The van der Waals surface area contributed by atoms with Gasteiger partial charge in [0.15, 0.2) is 23.3 Å². The number of fused-ring (bicyclic) bond motifs is 1. The van der Waals surface area contributed by atoms with Crippen molar-refractivity contribution in [1.29, 1.82) is 0 Å². The Hall–Kier alpha value is -2.55. The van der Waals surface area contributed by atoms with E-state index in [0.29, 0.717) is 31.4 Å². The van der Waals surface area contributed by atoms with Gasteiger partial charge in [0.25, 0.3) is 5.91 Å². The molecule has 0 radical (unpaired) electrons. The average molecular weight is 415 g/mol. The van der Waals surface area contributed by atoms with Gasteiger partial charge in [0.1, 0.15) is 0 Å². The Kier molecular flexibility index (Phi) is 6.33. The third-order valence-electron chi connectivity index (χ3n) is 4.75. The zero-order valence-electron chi connectivity index (χ0n) is 15.9.